The van der Waals surface area contributed by atoms with Crippen molar-refractivity contribution in [1.29, 1.82) is 0 Å². The van der Waals surface area contributed by atoms with Crippen LogP contribution in [0.1, 0.15) is 11.1 Å². The van der Waals surface area contributed by atoms with Gasteiger partial charge in [-0.1, -0.05) is 18.2 Å². The summed E-state index contributed by atoms with van der Waals surface area (Å²) in [6.45, 7) is 3.03. The van der Waals surface area contributed by atoms with Crippen molar-refractivity contribution < 1.29 is 0 Å². The molecule has 1 aromatic carbocycles. The SMILES string of the molecule is Cc1ccccc1-n1nc(-c2cnccn2)c2c1NCC2. The molecule has 2 aromatic heterocycles. The Bertz CT molecular complexity index is 792. The molecule has 0 spiro atoms. The van der Waals surface area contributed by atoms with Gasteiger partial charge in [0.05, 0.1) is 11.9 Å². The third kappa shape index (κ3) is 1.89. The van der Waals surface area contributed by atoms with Crippen LogP contribution in [0.3, 0.4) is 0 Å². The van der Waals surface area contributed by atoms with Crippen LogP contribution >= 0.6 is 0 Å². The third-order valence-electron chi connectivity index (χ3n) is 3.80. The zero-order valence-electron chi connectivity index (χ0n) is 11.7. The van der Waals surface area contributed by atoms with Crippen LogP contribution in [0, 0.1) is 6.92 Å². The lowest BCUT2D eigenvalue weighted by molar-refractivity contribution is 0.872. The predicted octanol–water partition coefficient (Wildman–Crippen LogP) is 2.61. The fraction of sp³-hybridized carbons (Fsp3) is 0.188. The molecule has 0 aliphatic carbocycles. The van der Waals surface area contributed by atoms with Crippen LogP contribution in [-0.4, -0.2) is 26.3 Å². The molecule has 0 saturated heterocycles. The number of benzene rings is 1. The molecule has 3 heterocycles. The van der Waals surface area contributed by atoms with Crippen LogP contribution in [0.5, 0.6) is 0 Å². The van der Waals surface area contributed by atoms with Crippen LogP contribution in [0.15, 0.2) is 42.9 Å². The first-order valence-corrected chi connectivity index (χ1v) is 7.03. The van der Waals surface area contributed by atoms with E-state index in [1.807, 2.05) is 16.8 Å². The smallest absolute Gasteiger partial charge is 0.133 e. The maximum atomic E-state index is 4.78. The van der Waals surface area contributed by atoms with Gasteiger partial charge in [0.1, 0.15) is 17.2 Å². The number of hydrogen-bond donors (Lipinski definition) is 1. The van der Waals surface area contributed by atoms with Crippen molar-refractivity contribution in [1.82, 2.24) is 19.7 Å². The molecule has 1 aliphatic rings. The first kappa shape index (κ1) is 12.1. The molecule has 0 unspecified atom stereocenters. The van der Waals surface area contributed by atoms with E-state index in [1.165, 1.54) is 11.1 Å². The Morgan fingerprint density at radius 3 is 2.90 bits per heavy atom. The van der Waals surface area contributed by atoms with Gasteiger partial charge in [-0.05, 0) is 25.0 Å². The van der Waals surface area contributed by atoms with E-state index in [1.54, 1.807) is 18.6 Å². The fourth-order valence-electron chi connectivity index (χ4n) is 2.78. The third-order valence-corrected chi connectivity index (χ3v) is 3.80. The van der Waals surface area contributed by atoms with Gasteiger partial charge in [-0.3, -0.25) is 9.97 Å². The van der Waals surface area contributed by atoms with Crippen molar-refractivity contribution >= 4 is 5.82 Å². The Balaban J connectivity index is 1.93. The Morgan fingerprint density at radius 2 is 2.10 bits per heavy atom. The summed E-state index contributed by atoms with van der Waals surface area (Å²) in [4.78, 5) is 8.54. The number of aryl methyl sites for hydroxylation is 1. The zero-order valence-corrected chi connectivity index (χ0v) is 11.7. The first-order chi connectivity index (χ1) is 10.3. The largest absolute Gasteiger partial charge is 0.369 e. The number of hydrogen-bond acceptors (Lipinski definition) is 4. The summed E-state index contributed by atoms with van der Waals surface area (Å²) in [6.07, 6.45) is 6.12. The van der Waals surface area contributed by atoms with Gasteiger partial charge in [0.15, 0.2) is 0 Å². The van der Waals surface area contributed by atoms with Gasteiger partial charge in [0.25, 0.3) is 0 Å². The summed E-state index contributed by atoms with van der Waals surface area (Å²) in [7, 11) is 0. The van der Waals surface area contributed by atoms with Crippen LogP contribution in [-0.2, 0) is 6.42 Å². The quantitative estimate of drug-likeness (QED) is 0.782. The summed E-state index contributed by atoms with van der Waals surface area (Å²) in [6, 6.07) is 8.26. The van der Waals surface area contributed by atoms with E-state index in [4.69, 9.17) is 5.10 Å². The average Bonchev–Trinajstić information content (AvgIpc) is 3.11. The summed E-state index contributed by atoms with van der Waals surface area (Å²) in [5.41, 5.74) is 5.26. The second kappa shape index (κ2) is 4.70. The molecule has 3 aromatic rings. The summed E-state index contributed by atoms with van der Waals surface area (Å²) in [5.74, 6) is 1.07. The molecule has 1 N–H and O–H groups in total. The molecule has 5 heteroatoms. The minimum Gasteiger partial charge on any atom is -0.369 e. The molecule has 4 rings (SSSR count). The number of anilines is 1. The van der Waals surface area contributed by atoms with Crippen molar-refractivity contribution in [2.45, 2.75) is 13.3 Å². The van der Waals surface area contributed by atoms with Gasteiger partial charge in [-0.15, -0.1) is 0 Å². The van der Waals surface area contributed by atoms with Crippen LogP contribution in [0.2, 0.25) is 0 Å². The maximum Gasteiger partial charge on any atom is 0.133 e. The summed E-state index contributed by atoms with van der Waals surface area (Å²) >= 11 is 0. The lowest BCUT2D eigenvalue weighted by atomic mass is 10.1. The normalized spacial score (nSPS) is 13.0. The molecular weight excluding hydrogens is 262 g/mol. The molecule has 0 fully saturated rings. The van der Waals surface area contributed by atoms with Crippen molar-refractivity contribution in [3.8, 4) is 17.1 Å². The van der Waals surface area contributed by atoms with Crippen molar-refractivity contribution in [3.63, 3.8) is 0 Å². The van der Waals surface area contributed by atoms with Gasteiger partial charge in [-0.2, -0.15) is 5.10 Å². The van der Waals surface area contributed by atoms with Crippen LogP contribution in [0.4, 0.5) is 5.82 Å². The molecule has 0 bridgehead atoms. The van der Waals surface area contributed by atoms with Gasteiger partial charge in [0, 0.05) is 24.5 Å². The molecule has 0 atom stereocenters. The van der Waals surface area contributed by atoms with E-state index < -0.39 is 0 Å². The minimum atomic E-state index is 0.824. The molecule has 104 valence electrons. The molecule has 0 saturated carbocycles. The Hall–Kier alpha value is -2.69. The minimum absolute atomic E-state index is 0.824. The molecule has 5 nitrogen and oxygen atoms in total. The maximum absolute atomic E-state index is 4.78. The molecule has 1 aliphatic heterocycles. The summed E-state index contributed by atoms with van der Waals surface area (Å²) < 4.78 is 1.99. The van der Waals surface area contributed by atoms with Crippen LogP contribution in [0.25, 0.3) is 17.1 Å². The van der Waals surface area contributed by atoms with E-state index in [9.17, 15) is 0 Å². The highest BCUT2D eigenvalue weighted by atomic mass is 15.3. The number of para-hydroxylation sites is 1. The first-order valence-electron chi connectivity index (χ1n) is 7.03. The second-order valence-electron chi connectivity index (χ2n) is 5.14. The lowest BCUT2D eigenvalue weighted by Gasteiger charge is -2.09. The highest BCUT2D eigenvalue weighted by molar-refractivity contribution is 5.70. The Labute approximate surface area is 122 Å². The number of nitrogens with one attached hydrogen (secondary N) is 1. The predicted molar refractivity (Wildman–Crippen MR) is 81.5 cm³/mol. The van der Waals surface area contributed by atoms with Gasteiger partial charge < -0.3 is 5.32 Å². The Morgan fingerprint density at radius 1 is 1.19 bits per heavy atom. The second-order valence-corrected chi connectivity index (χ2v) is 5.14. The van der Waals surface area contributed by atoms with Crippen molar-refractivity contribution in [2.75, 3.05) is 11.9 Å². The van der Waals surface area contributed by atoms with E-state index in [0.29, 0.717) is 0 Å². The van der Waals surface area contributed by atoms with E-state index >= 15 is 0 Å². The molecular formula is C16H15N5. The number of aromatic nitrogens is 4. The van der Waals surface area contributed by atoms with E-state index in [2.05, 4.69) is 34.3 Å². The van der Waals surface area contributed by atoms with Crippen molar-refractivity contribution in [3.05, 3.63) is 54.0 Å². The summed E-state index contributed by atoms with van der Waals surface area (Å²) in [5, 5.41) is 8.22. The number of rotatable bonds is 2. The van der Waals surface area contributed by atoms with E-state index in [0.717, 1.165) is 35.9 Å². The van der Waals surface area contributed by atoms with E-state index in [-0.39, 0.29) is 0 Å². The zero-order chi connectivity index (χ0) is 14.2. The lowest BCUT2D eigenvalue weighted by Crippen LogP contribution is -2.05. The Kier molecular flexibility index (Phi) is 2.70. The monoisotopic (exact) mass is 277 g/mol. The van der Waals surface area contributed by atoms with Gasteiger partial charge in [-0.25, -0.2) is 4.68 Å². The fourth-order valence-corrected chi connectivity index (χ4v) is 2.78. The van der Waals surface area contributed by atoms with Gasteiger partial charge >= 0.3 is 0 Å². The molecule has 0 amide bonds. The average molecular weight is 277 g/mol. The highest BCUT2D eigenvalue weighted by Gasteiger charge is 2.24. The standard InChI is InChI=1S/C16H15N5/c1-11-4-2-3-5-14(11)21-16-12(6-7-19-16)15(20-21)13-10-17-8-9-18-13/h2-5,8-10,19H,6-7H2,1H3. The molecule has 21 heavy (non-hydrogen) atoms. The topological polar surface area (TPSA) is 55.6 Å². The van der Waals surface area contributed by atoms with Crippen molar-refractivity contribution in [2.24, 2.45) is 0 Å². The number of fused-ring (bicyclic) bond motifs is 1. The van der Waals surface area contributed by atoms with Crippen LogP contribution < -0.4 is 5.32 Å². The van der Waals surface area contributed by atoms with Gasteiger partial charge in [0.2, 0.25) is 0 Å². The highest BCUT2D eigenvalue weighted by Crippen LogP contribution is 2.33. The number of nitrogens with zero attached hydrogens (tertiary/aromatic N) is 4. The molecule has 0 radical (unpaired) electrons.